The lowest BCUT2D eigenvalue weighted by Gasteiger charge is -2.26. The van der Waals surface area contributed by atoms with Gasteiger partial charge in [-0.05, 0) is 34.1 Å². The summed E-state index contributed by atoms with van der Waals surface area (Å²) in [5, 5.41) is 9.03. The number of carbonyl (C=O) groups excluding carboxylic acids is 1. The molecule has 0 aromatic heterocycles. The van der Waals surface area contributed by atoms with E-state index in [1.54, 1.807) is 7.05 Å². The molecule has 1 amide bonds. The molecule has 0 fully saturated rings. The van der Waals surface area contributed by atoms with Crippen LogP contribution in [-0.2, 0) is 14.6 Å². The van der Waals surface area contributed by atoms with E-state index in [1.165, 1.54) is 6.26 Å². The number of aliphatic imine (C=N–C) groups is 1. The third kappa shape index (κ3) is 8.86. The fourth-order valence-corrected chi connectivity index (χ4v) is 2.46. The highest BCUT2D eigenvalue weighted by atomic mass is 32.2. The van der Waals surface area contributed by atoms with Gasteiger partial charge in [0.2, 0.25) is 5.91 Å². The van der Waals surface area contributed by atoms with E-state index in [2.05, 4.69) is 20.9 Å². The first-order valence-corrected chi connectivity index (χ1v) is 9.51. The van der Waals surface area contributed by atoms with E-state index in [1.807, 2.05) is 27.7 Å². The lowest BCUT2D eigenvalue weighted by Crippen LogP contribution is -2.49. The van der Waals surface area contributed by atoms with Crippen molar-refractivity contribution in [2.45, 2.75) is 40.2 Å². The molecule has 3 N–H and O–H groups in total. The maximum absolute atomic E-state index is 11.9. The second kappa shape index (κ2) is 8.97. The second-order valence-corrected chi connectivity index (χ2v) is 8.39. The average molecular weight is 334 g/mol. The summed E-state index contributed by atoms with van der Waals surface area (Å²) in [5.74, 6) is 0.657. The third-order valence-electron chi connectivity index (χ3n) is 3.18. The first kappa shape index (κ1) is 20.7. The molecule has 7 nitrogen and oxygen atoms in total. The minimum absolute atomic E-state index is 0.0249. The quantitative estimate of drug-likeness (QED) is 0.433. The minimum Gasteiger partial charge on any atom is -0.356 e. The van der Waals surface area contributed by atoms with E-state index in [0.29, 0.717) is 25.5 Å². The van der Waals surface area contributed by atoms with Gasteiger partial charge < -0.3 is 16.0 Å². The average Bonchev–Trinajstić information content (AvgIpc) is 2.40. The van der Waals surface area contributed by atoms with Crippen molar-refractivity contribution in [1.29, 1.82) is 0 Å². The summed E-state index contributed by atoms with van der Waals surface area (Å²) in [4.78, 5) is 16.0. The van der Waals surface area contributed by atoms with Crippen LogP contribution in [0.5, 0.6) is 0 Å². The van der Waals surface area contributed by atoms with Crippen LogP contribution < -0.4 is 16.0 Å². The molecule has 0 saturated carbocycles. The highest BCUT2D eigenvalue weighted by Gasteiger charge is 2.27. The standard InChI is InChI=1S/C14H30N4O3S/c1-7-16-12(19)14(3,4)10-17-13(15-5)18-11(2)8-9-22(6,20)21/h11H,7-10H2,1-6H3,(H,16,19)(H2,15,17,18). The molecule has 130 valence electrons. The molecule has 22 heavy (non-hydrogen) atoms. The molecule has 1 atom stereocenters. The molecule has 1 unspecified atom stereocenters. The monoisotopic (exact) mass is 334 g/mol. The van der Waals surface area contributed by atoms with E-state index in [4.69, 9.17) is 0 Å². The Labute approximate surface area is 134 Å². The van der Waals surface area contributed by atoms with E-state index in [9.17, 15) is 13.2 Å². The fourth-order valence-electron chi connectivity index (χ4n) is 1.68. The first-order valence-electron chi connectivity index (χ1n) is 7.45. The van der Waals surface area contributed by atoms with Crippen LogP contribution in [0.15, 0.2) is 4.99 Å². The van der Waals surface area contributed by atoms with E-state index in [0.717, 1.165) is 0 Å². The van der Waals surface area contributed by atoms with Crippen LogP contribution >= 0.6 is 0 Å². The highest BCUT2D eigenvalue weighted by Crippen LogP contribution is 2.13. The van der Waals surface area contributed by atoms with Crippen molar-refractivity contribution in [2.75, 3.05) is 32.1 Å². The summed E-state index contributed by atoms with van der Waals surface area (Å²) in [7, 11) is -1.33. The van der Waals surface area contributed by atoms with Gasteiger partial charge in [-0.2, -0.15) is 0 Å². The molecule has 0 rings (SSSR count). The number of guanidine groups is 1. The SMILES string of the molecule is CCNC(=O)C(C)(C)CNC(=NC)NC(C)CCS(C)(=O)=O. The molecule has 0 spiro atoms. The summed E-state index contributed by atoms with van der Waals surface area (Å²) in [5.41, 5.74) is -0.566. The van der Waals surface area contributed by atoms with Gasteiger partial charge in [0.15, 0.2) is 5.96 Å². The van der Waals surface area contributed by atoms with Gasteiger partial charge in [-0.25, -0.2) is 8.42 Å². The van der Waals surface area contributed by atoms with Crippen molar-refractivity contribution in [3.8, 4) is 0 Å². The molecule has 8 heteroatoms. The predicted molar refractivity (Wildman–Crippen MR) is 90.8 cm³/mol. The van der Waals surface area contributed by atoms with Crippen molar-refractivity contribution in [1.82, 2.24) is 16.0 Å². The maximum atomic E-state index is 11.9. The Morgan fingerprint density at radius 2 is 1.86 bits per heavy atom. The van der Waals surface area contributed by atoms with Crippen LogP contribution in [0.3, 0.4) is 0 Å². The van der Waals surface area contributed by atoms with Gasteiger partial charge in [-0.15, -0.1) is 0 Å². The number of amides is 1. The van der Waals surface area contributed by atoms with Crippen LogP contribution in [-0.4, -0.2) is 58.5 Å². The van der Waals surface area contributed by atoms with Crippen molar-refractivity contribution >= 4 is 21.7 Å². The lowest BCUT2D eigenvalue weighted by atomic mass is 9.92. The Morgan fingerprint density at radius 1 is 1.27 bits per heavy atom. The molecule has 0 aliphatic rings. The molecule has 0 aromatic rings. The van der Waals surface area contributed by atoms with E-state index in [-0.39, 0.29) is 17.7 Å². The van der Waals surface area contributed by atoms with Crippen LogP contribution in [0.25, 0.3) is 0 Å². The Kier molecular flexibility index (Phi) is 8.44. The zero-order chi connectivity index (χ0) is 17.4. The molecule has 0 aromatic carbocycles. The lowest BCUT2D eigenvalue weighted by molar-refractivity contribution is -0.128. The molecular weight excluding hydrogens is 304 g/mol. The number of sulfone groups is 1. The molecule has 0 aliphatic heterocycles. The van der Waals surface area contributed by atoms with Gasteiger partial charge in [0.25, 0.3) is 0 Å². The Bertz CT molecular complexity index is 486. The van der Waals surface area contributed by atoms with Crippen LogP contribution in [0, 0.1) is 5.41 Å². The minimum atomic E-state index is -2.97. The summed E-state index contributed by atoms with van der Waals surface area (Å²) in [6, 6.07) is -0.0338. The van der Waals surface area contributed by atoms with Gasteiger partial charge in [0.05, 0.1) is 11.2 Å². The molecular formula is C14H30N4O3S. The zero-order valence-electron chi connectivity index (χ0n) is 14.5. The Hall–Kier alpha value is -1.31. The smallest absolute Gasteiger partial charge is 0.227 e. The number of hydrogen-bond donors (Lipinski definition) is 3. The highest BCUT2D eigenvalue weighted by molar-refractivity contribution is 7.90. The third-order valence-corrected chi connectivity index (χ3v) is 4.16. The summed E-state index contributed by atoms with van der Waals surface area (Å²) in [6.07, 6.45) is 1.72. The molecule has 0 heterocycles. The van der Waals surface area contributed by atoms with Crippen LogP contribution in [0.2, 0.25) is 0 Å². The largest absolute Gasteiger partial charge is 0.356 e. The normalized spacial score (nSPS) is 14.4. The second-order valence-electron chi connectivity index (χ2n) is 6.13. The molecule has 0 aliphatic carbocycles. The van der Waals surface area contributed by atoms with Gasteiger partial charge >= 0.3 is 0 Å². The van der Waals surface area contributed by atoms with Crippen molar-refractivity contribution in [2.24, 2.45) is 10.4 Å². The van der Waals surface area contributed by atoms with Crippen molar-refractivity contribution < 1.29 is 13.2 Å². The Morgan fingerprint density at radius 3 is 2.32 bits per heavy atom. The van der Waals surface area contributed by atoms with Crippen molar-refractivity contribution in [3.05, 3.63) is 0 Å². The Balaban J connectivity index is 4.41. The van der Waals surface area contributed by atoms with Gasteiger partial charge in [0, 0.05) is 32.4 Å². The first-order chi connectivity index (χ1) is 10.0. The van der Waals surface area contributed by atoms with Crippen molar-refractivity contribution in [3.63, 3.8) is 0 Å². The molecule has 0 bridgehead atoms. The number of nitrogens with one attached hydrogen (secondary N) is 3. The number of hydrogen-bond acceptors (Lipinski definition) is 4. The summed E-state index contributed by atoms with van der Waals surface area (Å²) < 4.78 is 22.3. The van der Waals surface area contributed by atoms with Gasteiger partial charge in [-0.1, -0.05) is 0 Å². The van der Waals surface area contributed by atoms with E-state index >= 15 is 0 Å². The predicted octanol–water partition coefficient (Wildman–Crippen LogP) is 0.137. The molecule has 0 radical (unpaired) electrons. The number of carbonyl (C=O) groups is 1. The number of rotatable bonds is 8. The van der Waals surface area contributed by atoms with Gasteiger partial charge in [-0.3, -0.25) is 9.79 Å². The molecule has 0 saturated heterocycles. The van der Waals surface area contributed by atoms with Crippen LogP contribution in [0.1, 0.15) is 34.1 Å². The summed E-state index contributed by atoms with van der Waals surface area (Å²) in [6.45, 7) is 8.50. The summed E-state index contributed by atoms with van der Waals surface area (Å²) >= 11 is 0. The fraction of sp³-hybridized carbons (Fsp3) is 0.857. The topological polar surface area (TPSA) is 99.7 Å². The number of nitrogens with zero attached hydrogens (tertiary/aromatic N) is 1. The zero-order valence-corrected chi connectivity index (χ0v) is 15.3. The van der Waals surface area contributed by atoms with E-state index < -0.39 is 15.3 Å². The van der Waals surface area contributed by atoms with Crippen LogP contribution in [0.4, 0.5) is 0 Å². The maximum Gasteiger partial charge on any atom is 0.227 e. The van der Waals surface area contributed by atoms with Gasteiger partial charge in [0.1, 0.15) is 9.84 Å².